The van der Waals surface area contributed by atoms with E-state index in [0.29, 0.717) is 17.0 Å². The van der Waals surface area contributed by atoms with Crippen molar-refractivity contribution in [1.82, 2.24) is 10.3 Å². The van der Waals surface area contributed by atoms with Gasteiger partial charge in [0.25, 0.3) is 0 Å². The van der Waals surface area contributed by atoms with Gasteiger partial charge in [0.05, 0.1) is 13.2 Å². The zero-order chi connectivity index (χ0) is 14.1. The first kappa shape index (κ1) is 14.1. The number of nitrogens with one attached hydrogen (secondary N) is 1. The topological polar surface area (TPSA) is 43.4 Å². The largest absolute Gasteiger partial charge is 0.489 e. The van der Waals surface area contributed by atoms with Crippen molar-refractivity contribution in [2.45, 2.75) is 26.4 Å². The third kappa shape index (κ3) is 2.52. The van der Waals surface area contributed by atoms with E-state index in [1.54, 1.807) is 0 Å². The van der Waals surface area contributed by atoms with Crippen LogP contribution in [0, 0.1) is 18.8 Å². The number of halogens is 1. The van der Waals surface area contributed by atoms with Crippen LogP contribution < -0.4 is 10.1 Å². The van der Waals surface area contributed by atoms with E-state index in [-0.39, 0.29) is 6.10 Å². The van der Waals surface area contributed by atoms with E-state index in [2.05, 4.69) is 17.2 Å². The van der Waals surface area contributed by atoms with Crippen molar-refractivity contribution in [3.05, 3.63) is 22.5 Å². The molecule has 3 rings (SSSR count). The SMILES string of the molecule is CCc1cnc(Cl)c(C)c1OC1C2CNCC1COC2. The highest BCUT2D eigenvalue weighted by atomic mass is 35.5. The fourth-order valence-electron chi connectivity index (χ4n) is 3.12. The van der Waals surface area contributed by atoms with Gasteiger partial charge in [-0.1, -0.05) is 18.5 Å². The second kappa shape index (κ2) is 5.88. The minimum Gasteiger partial charge on any atom is -0.489 e. The van der Waals surface area contributed by atoms with Crippen LogP contribution in [-0.4, -0.2) is 37.4 Å². The average Bonchev–Trinajstić information content (AvgIpc) is 2.44. The summed E-state index contributed by atoms with van der Waals surface area (Å²) in [5.74, 6) is 1.76. The van der Waals surface area contributed by atoms with Crippen LogP contribution in [0.25, 0.3) is 0 Å². The van der Waals surface area contributed by atoms with Gasteiger partial charge in [-0.25, -0.2) is 4.98 Å². The first-order valence-corrected chi connectivity index (χ1v) is 7.67. The van der Waals surface area contributed by atoms with Crippen molar-refractivity contribution in [2.24, 2.45) is 11.8 Å². The molecular weight excluding hydrogens is 276 g/mol. The number of ether oxygens (including phenoxy) is 2. The van der Waals surface area contributed by atoms with Gasteiger partial charge in [0.1, 0.15) is 17.0 Å². The van der Waals surface area contributed by atoms with E-state index < -0.39 is 0 Å². The number of rotatable bonds is 3. The lowest BCUT2D eigenvalue weighted by molar-refractivity contribution is -0.0825. The smallest absolute Gasteiger partial charge is 0.135 e. The number of piperidine rings is 1. The van der Waals surface area contributed by atoms with Gasteiger partial charge in [-0.2, -0.15) is 0 Å². The highest BCUT2D eigenvalue weighted by molar-refractivity contribution is 6.30. The molecule has 0 radical (unpaired) electrons. The number of aromatic nitrogens is 1. The molecule has 0 amide bonds. The lowest BCUT2D eigenvalue weighted by Crippen LogP contribution is -2.56. The number of pyridine rings is 1. The normalized spacial score (nSPS) is 29.2. The molecule has 2 saturated heterocycles. The predicted octanol–water partition coefficient (Wildman–Crippen LogP) is 2.22. The van der Waals surface area contributed by atoms with Crippen molar-refractivity contribution in [3.8, 4) is 5.75 Å². The molecule has 2 aliphatic heterocycles. The van der Waals surface area contributed by atoms with Crippen LogP contribution in [0.5, 0.6) is 5.75 Å². The zero-order valence-electron chi connectivity index (χ0n) is 12.0. The number of hydrogen-bond acceptors (Lipinski definition) is 4. The molecule has 2 bridgehead atoms. The fraction of sp³-hybridized carbons (Fsp3) is 0.667. The van der Waals surface area contributed by atoms with E-state index in [9.17, 15) is 0 Å². The average molecular weight is 297 g/mol. The molecule has 0 spiro atoms. The van der Waals surface area contributed by atoms with Crippen LogP contribution in [-0.2, 0) is 11.2 Å². The number of aryl methyl sites for hydroxylation is 1. The standard InChI is InChI=1S/C15H21ClN2O2/c1-3-10-6-18-15(16)9(2)13(10)20-14-11-4-17-5-12(14)8-19-7-11/h6,11-12,14,17H,3-5,7-8H2,1-2H3. The maximum atomic E-state index is 6.41. The van der Waals surface area contributed by atoms with Gasteiger partial charge < -0.3 is 14.8 Å². The van der Waals surface area contributed by atoms with Gasteiger partial charge >= 0.3 is 0 Å². The lowest BCUT2D eigenvalue weighted by atomic mass is 9.85. The third-order valence-corrected chi connectivity index (χ3v) is 4.70. The molecule has 0 aliphatic carbocycles. The minimum absolute atomic E-state index is 0.215. The molecule has 20 heavy (non-hydrogen) atoms. The van der Waals surface area contributed by atoms with Crippen LogP contribution in [0.1, 0.15) is 18.1 Å². The summed E-state index contributed by atoms with van der Waals surface area (Å²) < 4.78 is 12.1. The monoisotopic (exact) mass is 296 g/mol. The molecule has 4 nitrogen and oxygen atoms in total. The Balaban J connectivity index is 1.88. The van der Waals surface area contributed by atoms with Crippen molar-refractivity contribution >= 4 is 11.6 Å². The van der Waals surface area contributed by atoms with Crippen LogP contribution >= 0.6 is 11.6 Å². The molecule has 110 valence electrons. The van der Waals surface area contributed by atoms with Crippen molar-refractivity contribution < 1.29 is 9.47 Å². The second-order valence-electron chi connectivity index (χ2n) is 5.68. The van der Waals surface area contributed by atoms with Crippen LogP contribution in [0.3, 0.4) is 0 Å². The molecular formula is C15H21ClN2O2. The first-order valence-electron chi connectivity index (χ1n) is 7.29. The molecule has 1 aromatic heterocycles. The highest BCUT2D eigenvalue weighted by Crippen LogP contribution is 2.34. The Kier molecular flexibility index (Phi) is 4.15. The van der Waals surface area contributed by atoms with Gasteiger partial charge in [0.2, 0.25) is 0 Å². The lowest BCUT2D eigenvalue weighted by Gasteiger charge is -2.42. The number of hydrogen-bond donors (Lipinski definition) is 1. The van der Waals surface area contributed by atoms with Crippen molar-refractivity contribution in [2.75, 3.05) is 26.3 Å². The zero-order valence-corrected chi connectivity index (χ0v) is 12.7. The Labute approximate surface area is 124 Å². The van der Waals surface area contributed by atoms with Crippen LogP contribution in [0.4, 0.5) is 0 Å². The van der Waals surface area contributed by atoms with Gasteiger partial charge in [0, 0.05) is 42.2 Å². The third-order valence-electron chi connectivity index (χ3n) is 4.32. The van der Waals surface area contributed by atoms with Crippen LogP contribution in [0.2, 0.25) is 5.15 Å². The van der Waals surface area contributed by atoms with Crippen molar-refractivity contribution in [1.29, 1.82) is 0 Å². The molecule has 3 heterocycles. The molecule has 2 fully saturated rings. The fourth-order valence-corrected chi connectivity index (χ4v) is 3.25. The second-order valence-corrected chi connectivity index (χ2v) is 6.04. The maximum Gasteiger partial charge on any atom is 0.135 e. The Morgan fingerprint density at radius 3 is 2.75 bits per heavy atom. The Hall–Kier alpha value is -0.840. The van der Waals surface area contributed by atoms with E-state index >= 15 is 0 Å². The van der Waals surface area contributed by atoms with Gasteiger partial charge in [-0.15, -0.1) is 0 Å². The molecule has 2 atom stereocenters. The molecule has 5 heteroatoms. The molecule has 0 saturated carbocycles. The molecule has 2 aliphatic rings. The Morgan fingerprint density at radius 2 is 2.10 bits per heavy atom. The summed E-state index contributed by atoms with van der Waals surface area (Å²) in [6.07, 6.45) is 2.95. The summed E-state index contributed by atoms with van der Waals surface area (Å²) in [5, 5.41) is 3.99. The van der Waals surface area contributed by atoms with Gasteiger partial charge in [0.15, 0.2) is 0 Å². The summed E-state index contributed by atoms with van der Waals surface area (Å²) in [6.45, 7) is 7.56. The summed E-state index contributed by atoms with van der Waals surface area (Å²) in [4.78, 5) is 4.22. The molecule has 1 N–H and O–H groups in total. The quantitative estimate of drug-likeness (QED) is 0.869. The van der Waals surface area contributed by atoms with E-state index in [0.717, 1.165) is 49.6 Å². The maximum absolute atomic E-state index is 6.41. The summed E-state index contributed by atoms with van der Waals surface area (Å²) >= 11 is 6.15. The van der Waals surface area contributed by atoms with Crippen molar-refractivity contribution in [3.63, 3.8) is 0 Å². The number of nitrogens with zero attached hydrogens (tertiary/aromatic N) is 1. The predicted molar refractivity (Wildman–Crippen MR) is 78.4 cm³/mol. The number of fused-ring (bicyclic) bond motifs is 2. The van der Waals surface area contributed by atoms with E-state index in [1.807, 2.05) is 13.1 Å². The van der Waals surface area contributed by atoms with Gasteiger partial charge in [-0.05, 0) is 13.3 Å². The van der Waals surface area contributed by atoms with E-state index in [4.69, 9.17) is 21.1 Å². The molecule has 1 aromatic rings. The summed E-state index contributed by atoms with van der Waals surface area (Å²) in [7, 11) is 0. The first-order chi connectivity index (χ1) is 9.70. The van der Waals surface area contributed by atoms with Crippen LogP contribution in [0.15, 0.2) is 6.20 Å². The Bertz CT molecular complexity index is 473. The molecule has 0 aromatic carbocycles. The Morgan fingerprint density at radius 1 is 1.40 bits per heavy atom. The van der Waals surface area contributed by atoms with E-state index in [1.165, 1.54) is 0 Å². The minimum atomic E-state index is 0.215. The summed E-state index contributed by atoms with van der Waals surface area (Å²) in [6, 6.07) is 0. The van der Waals surface area contributed by atoms with Gasteiger partial charge in [-0.3, -0.25) is 0 Å². The highest BCUT2D eigenvalue weighted by Gasteiger charge is 2.39. The summed E-state index contributed by atoms with van der Waals surface area (Å²) in [5.41, 5.74) is 2.08. The molecule has 2 unspecified atom stereocenters.